The Morgan fingerprint density at radius 2 is 2.05 bits per heavy atom. The Hall–Kier alpha value is -1.90. The van der Waals surface area contributed by atoms with Crippen molar-refractivity contribution in [2.24, 2.45) is 0 Å². The van der Waals surface area contributed by atoms with Crippen LogP contribution in [0, 0.1) is 11.3 Å². The number of rotatable bonds is 2. The third-order valence-electron chi connectivity index (χ3n) is 4.11. The molecule has 0 spiro atoms. The number of fused-ring (bicyclic) bond motifs is 1. The van der Waals surface area contributed by atoms with E-state index in [4.69, 9.17) is 0 Å². The van der Waals surface area contributed by atoms with Crippen LogP contribution in [0.15, 0.2) is 24.4 Å². The van der Waals surface area contributed by atoms with Crippen LogP contribution in [-0.4, -0.2) is 40.5 Å². The van der Waals surface area contributed by atoms with Gasteiger partial charge in [0.25, 0.3) is 0 Å². The molecule has 0 aromatic carbocycles. The minimum absolute atomic E-state index is 0.193. The second-order valence-electron chi connectivity index (χ2n) is 5.65. The average Bonchev–Trinajstić information content (AvgIpc) is 2.88. The van der Waals surface area contributed by atoms with Crippen LogP contribution >= 0.6 is 0 Å². The van der Waals surface area contributed by atoms with Gasteiger partial charge in [-0.1, -0.05) is 6.07 Å². The first-order valence-corrected chi connectivity index (χ1v) is 6.98. The van der Waals surface area contributed by atoms with Crippen molar-refractivity contribution >= 4 is 5.52 Å². The summed E-state index contributed by atoms with van der Waals surface area (Å²) in [6.45, 7) is 8.35. The van der Waals surface area contributed by atoms with Crippen molar-refractivity contribution in [3.63, 3.8) is 0 Å². The number of hydrogen-bond acceptors (Lipinski definition) is 4. The van der Waals surface area contributed by atoms with Crippen molar-refractivity contribution in [1.29, 1.82) is 5.26 Å². The first kappa shape index (κ1) is 13.1. The first-order chi connectivity index (χ1) is 9.64. The summed E-state index contributed by atoms with van der Waals surface area (Å²) < 4.78 is 2.04. The molecular weight excluding hydrogens is 250 g/mol. The number of pyridine rings is 1. The molecule has 0 radical (unpaired) electrons. The highest BCUT2D eigenvalue weighted by molar-refractivity contribution is 5.59. The maximum atomic E-state index is 9.28. The average molecular weight is 269 g/mol. The topological polar surface area (TPSA) is 56.4 Å². The first-order valence-electron chi connectivity index (χ1n) is 6.98. The number of hydrogen-bond donors (Lipinski definition) is 1. The van der Waals surface area contributed by atoms with E-state index in [9.17, 15) is 5.26 Å². The van der Waals surface area contributed by atoms with E-state index < -0.39 is 0 Å². The number of nitriles is 1. The Kier molecular flexibility index (Phi) is 3.20. The van der Waals surface area contributed by atoms with E-state index in [2.05, 4.69) is 35.1 Å². The molecular formula is C15H19N5. The number of nitrogens with zero attached hydrogens (tertiary/aromatic N) is 4. The molecule has 0 amide bonds. The molecule has 0 atom stereocenters. The molecule has 5 nitrogen and oxygen atoms in total. The van der Waals surface area contributed by atoms with E-state index in [1.54, 1.807) is 0 Å². The van der Waals surface area contributed by atoms with E-state index in [1.165, 1.54) is 0 Å². The fourth-order valence-electron chi connectivity index (χ4n) is 2.92. The fraction of sp³-hybridized carbons (Fsp3) is 0.467. The molecule has 2 aromatic rings. The lowest BCUT2D eigenvalue weighted by atomic mass is 10.0. The summed E-state index contributed by atoms with van der Waals surface area (Å²) in [5.74, 6) is 0.937. The van der Waals surface area contributed by atoms with Crippen molar-refractivity contribution in [3.05, 3.63) is 35.9 Å². The van der Waals surface area contributed by atoms with Gasteiger partial charge in [-0.3, -0.25) is 4.90 Å². The molecule has 104 valence electrons. The lowest BCUT2D eigenvalue weighted by molar-refractivity contribution is 0.0943. The van der Waals surface area contributed by atoms with Crippen molar-refractivity contribution in [2.45, 2.75) is 19.4 Å². The zero-order chi connectivity index (χ0) is 14.2. The molecule has 0 aliphatic carbocycles. The Morgan fingerprint density at radius 3 is 2.75 bits per heavy atom. The Morgan fingerprint density at radius 1 is 1.30 bits per heavy atom. The van der Waals surface area contributed by atoms with Crippen molar-refractivity contribution in [1.82, 2.24) is 19.6 Å². The standard InChI is InChI=1S/C15H19N5/c1-15(2,19-9-6-17-7-10-19)14-18-12(11-16)13-5-3-4-8-20(13)14/h3-5,8,17H,6-7,9-10H2,1-2H3. The van der Waals surface area contributed by atoms with E-state index in [0.29, 0.717) is 5.69 Å². The van der Waals surface area contributed by atoms with Gasteiger partial charge < -0.3 is 9.72 Å². The molecule has 1 N–H and O–H groups in total. The van der Waals surface area contributed by atoms with Gasteiger partial charge in [0, 0.05) is 32.4 Å². The Labute approximate surface area is 118 Å². The van der Waals surface area contributed by atoms with Crippen LogP contribution < -0.4 is 5.32 Å². The maximum Gasteiger partial charge on any atom is 0.166 e. The van der Waals surface area contributed by atoms with Gasteiger partial charge in [-0.05, 0) is 26.0 Å². The molecule has 0 unspecified atom stereocenters. The summed E-state index contributed by atoms with van der Waals surface area (Å²) in [7, 11) is 0. The molecule has 3 heterocycles. The lowest BCUT2D eigenvalue weighted by Gasteiger charge is -2.40. The highest BCUT2D eigenvalue weighted by Crippen LogP contribution is 2.29. The van der Waals surface area contributed by atoms with Crippen LogP contribution in [0.1, 0.15) is 25.4 Å². The summed E-state index contributed by atoms with van der Waals surface area (Å²) >= 11 is 0. The fourth-order valence-corrected chi connectivity index (χ4v) is 2.92. The quantitative estimate of drug-likeness (QED) is 0.894. The van der Waals surface area contributed by atoms with Crippen molar-refractivity contribution in [2.75, 3.05) is 26.2 Å². The molecule has 1 aliphatic rings. The van der Waals surface area contributed by atoms with Gasteiger partial charge in [-0.15, -0.1) is 0 Å². The third kappa shape index (κ3) is 1.98. The second-order valence-corrected chi connectivity index (χ2v) is 5.65. The van der Waals surface area contributed by atoms with E-state index in [-0.39, 0.29) is 5.54 Å². The summed E-state index contributed by atoms with van der Waals surface area (Å²) in [6.07, 6.45) is 1.99. The Bertz CT molecular complexity index is 658. The van der Waals surface area contributed by atoms with Gasteiger partial charge in [-0.2, -0.15) is 5.26 Å². The van der Waals surface area contributed by atoms with Gasteiger partial charge in [0.2, 0.25) is 0 Å². The Balaban J connectivity index is 2.11. The lowest BCUT2D eigenvalue weighted by Crippen LogP contribution is -2.52. The monoisotopic (exact) mass is 269 g/mol. The van der Waals surface area contributed by atoms with Gasteiger partial charge in [-0.25, -0.2) is 4.98 Å². The molecule has 1 fully saturated rings. The summed E-state index contributed by atoms with van der Waals surface area (Å²) in [5.41, 5.74) is 1.19. The van der Waals surface area contributed by atoms with Crippen LogP contribution in [0.5, 0.6) is 0 Å². The molecule has 20 heavy (non-hydrogen) atoms. The predicted molar refractivity (Wildman–Crippen MR) is 77.4 cm³/mol. The molecule has 1 aliphatic heterocycles. The number of aromatic nitrogens is 2. The summed E-state index contributed by atoms with van der Waals surface area (Å²) in [4.78, 5) is 7.02. The van der Waals surface area contributed by atoms with Crippen LogP contribution in [0.3, 0.4) is 0 Å². The maximum absolute atomic E-state index is 9.28. The zero-order valence-electron chi connectivity index (χ0n) is 11.9. The van der Waals surface area contributed by atoms with Crippen molar-refractivity contribution in [3.8, 4) is 6.07 Å². The molecule has 5 heteroatoms. The number of piperazine rings is 1. The van der Waals surface area contributed by atoms with Gasteiger partial charge >= 0.3 is 0 Å². The van der Waals surface area contributed by atoms with E-state index in [1.807, 2.05) is 28.8 Å². The van der Waals surface area contributed by atoms with Gasteiger partial charge in [0.05, 0.1) is 11.1 Å². The normalized spacial score (nSPS) is 17.2. The van der Waals surface area contributed by atoms with E-state index >= 15 is 0 Å². The number of nitrogens with one attached hydrogen (secondary N) is 1. The minimum atomic E-state index is -0.193. The molecule has 1 saturated heterocycles. The molecule has 0 bridgehead atoms. The molecule has 0 saturated carbocycles. The number of imidazole rings is 1. The second kappa shape index (κ2) is 4.89. The summed E-state index contributed by atoms with van der Waals surface area (Å²) in [6, 6.07) is 8.07. The summed E-state index contributed by atoms with van der Waals surface area (Å²) in [5, 5.41) is 12.6. The van der Waals surface area contributed by atoms with Gasteiger partial charge in [0.15, 0.2) is 5.69 Å². The zero-order valence-corrected chi connectivity index (χ0v) is 11.9. The van der Waals surface area contributed by atoms with Crippen molar-refractivity contribution < 1.29 is 0 Å². The molecule has 3 rings (SSSR count). The highest BCUT2D eigenvalue weighted by Gasteiger charge is 2.34. The molecule has 2 aromatic heterocycles. The van der Waals surface area contributed by atoms with Crippen LogP contribution in [-0.2, 0) is 5.54 Å². The van der Waals surface area contributed by atoms with E-state index in [0.717, 1.165) is 37.5 Å². The van der Waals surface area contributed by atoms with Crippen LogP contribution in [0.2, 0.25) is 0 Å². The minimum Gasteiger partial charge on any atom is -0.314 e. The smallest absolute Gasteiger partial charge is 0.166 e. The van der Waals surface area contributed by atoms with Crippen LogP contribution in [0.25, 0.3) is 5.52 Å². The largest absolute Gasteiger partial charge is 0.314 e. The van der Waals surface area contributed by atoms with Crippen LogP contribution in [0.4, 0.5) is 0 Å². The SMILES string of the molecule is CC(C)(c1nc(C#N)c2ccccn12)N1CCNCC1. The predicted octanol–water partition coefficient (Wildman–Crippen LogP) is 1.35. The highest BCUT2D eigenvalue weighted by atomic mass is 15.3. The van der Waals surface area contributed by atoms with Gasteiger partial charge in [0.1, 0.15) is 11.9 Å². The third-order valence-corrected chi connectivity index (χ3v) is 4.11.